The maximum atomic E-state index is 13.7. The third-order valence-electron chi connectivity index (χ3n) is 5.98. The molecule has 0 aliphatic carbocycles. The molecule has 0 aliphatic heterocycles. The lowest BCUT2D eigenvalue weighted by molar-refractivity contribution is 0.112. The largest absolute Gasteiger partial charge is 0.368 e. The second-order valence-corrected chi connectivity index (χ2v) is 8.76. The first-order chi connectivity index (χ1) is 17.5. The Morgan fingerprint density at radius 1 is 1.03 bits per heavy atom. The van der Waals surface area contributed by atoms with Crippen molar-refractivity contribution in [3.8, 4) is 16.8 Å². The van der Waals surface area contributed by atoms with Crippen LogP contribution in [0.15, 0.2) is 89.9 Å². The number of benzene rings is 3. The maximum Gasteiger partial charge on any atom is 0.264 e. The monoisotopic (exact) mass is 495 g/mol. The van der Waals surface area contributed by atoms with Crippen LogP contribution < -0.4 is 16.6 Å². The second-order valence-electron chi connectivity index (χ2n) is 8.35. The molecule has 5 rings (SSSR count). The number of rotatable bonds is 6. The summed E-state index contributed by atoms with van der Waals surface area (Å²) in [6.45, 7) is 1.94. The molecule has 0 amide bonds. The van der Waals surface area contributed by atoms with Gasteiger partial charge >= 0.3 is 0 Å². The molecule has 0 unspecified atom stereocenters. The van der Waals surface area contributed by atoms with E-state index in [1.165, 1.54) is 0 Å². The molecule has 178 valence electrons. The van der Waals surface area contributed by atoms with E-state index in [9.17, 15) is 9.59 Å². The minimum absolute atomic E-state index is 0.103. The first-order valence-corrected chi connectivity index (χ1v) is 11.7. The number of nitrogen functional groups attached to an aromatic ring is 1. The van der Waals surface area contributed by atoms with Crippen LogP contribution in [0.4, 0.5) is 11.8 Å². The smallest absolute Gasteiger partial charge is 0.264 e. The number of carbonyl (C=O) groups excluding carboxylic acids is 1. The van der Waals surface area contributed by atoms with Crippen LogP contribution in [-0.2, 0) is 0 Å². The summed E-state index contributed by atoms with van der Waals surface area (Å²) in [4.78, 5) is 33.6. The molecule has 0 saturated carbocycles. The predicted molar refractivity (Wildman–Crippen MR) is 144 cm³/mol. The number of aldehydes is 1. The standard InChI is InChI=1S/C28H22ClN5O2/c1-17(32-26-22(15-31-28(30)33-26)19-8-5-7-18(13-19)16-35)24-14-20-9-6-12-23(29)25(20)27(36)34(24)21-10-3-2-4-11-21/h2-17H,1H3,(H3,30,31,32,33)/t17-/m0/s1. The number of halogens is 1. The Kier molecular flexibility index (Phi) is 6.23. The lowest BCUT2D eigenvalue weighted by Crippen LogP contribution is -2.26. The number of nitrogens with one attached hydrogen (secondary N) is 1. The van der Waals surface area contributed by atoms with Crippen LogP contribution in [0.5, 0.6) is 0 Å². The number of fused-ring (bicyclic) bond motifs is 1. The molecule has 7 nitrogen and oxygen atoms in total. The Labute approximate surface area is 212 Å². The SMILES string of the molecule is C[C@H](Nc1nc(N)ncc1-c1cccc(C=O)c1)c1cc2cccc(Cl)c2c(=O)n1-c1ccccc1. The Morgan fingerprint density at radius 2 is 1.81 bits per heavy atom. The highest BCUT2D eigenvalue weighted by molar-refractivity contribution is 6.35. The van der Waals surface area contributed by atoms with Crippen molar-refractivity contribution in [1.82, 2.24) is 14.5 Å². The van der Waals surface area contributed by atoms with Gasteiger partial charge in [0.05, 0.1) is 16.5 Å². The lowest BCUT2D eigenvalue weighted by Gasteiger charge is -2.22. The summed E-state index contributed by atoms with van der Waals surface area (Å²) in [5.74, 6) is 0.585. The summed E-state index contributed by atoms with van der Waals surface area (Å²) in [6, 6.07) is 23.5. The highest BCUT2D eigenvalue weighted by Gasteiger charge is 2.20. The molecule has 3 aromatic carbocycles. The van der Waals surface area contributed by atoms with Gasteiger partial charge in [0.25, 0.3) is 5.56 Å². The van der Waals surface area contributed by atoms with E-state index in [4.69, 9.17) is 17.3 Å². The van der Waals surface area contributed by atoms with E-state index in [1.54, 1.807) is 35.0 Å². The number of nitrogens with two attached hydrogens (primary N) is 1. The van der Waals surface area contributed by atoms with Crippen LogP contribution in [0.1, 0.15) is 29.0 Å². The van der Waals surface area contributed by atoms with Gasteiger partial charge < -0.3 is 11.1 Å². The lowest BCUT2D eigenvalue weighted by atomic mass is 10.0. The van der Waals surface area contributed by atoms with Crippen molar-refractivity contribution in [2.75, 3.05) is 11.1 Å². The van der Waals surface area contributed by atoms with Crippen LogP contribution >= 0.6 is 11.6 Å². The molecule has 0 aliphatic rings. The molecule has 0 radical (unpaired) electrons. The summed E-state index contributed by atoms with van der Waals surface area (Å²) >= 11 is 6.43. The zero-order chi connectivity index (χ0) is 25.2. The van der Waals surface area contributed by atoms with E-state index in [0.717, 1.165) is 17.2 Å². The van der Waals surface area contributed by atoms with Crippen molar-refractivity contribution in [3.63, 3.8) is 0 Å². The van der Waals surface area contributed by atoms with Gasteiger partial charge in [-0.25, -0.2) is 4.98 Å². The predicted octanol–water partition coefficient (Wildman–Crippen LogP) is 5.67. The molecule has 36 heavy (non-hydrogen) atoms. The van der Waals surface area contributed by atoms with Crippen molar-refractivity contribution in [1.29, 1.82) is 0 Å². The first-order valence-electron chi connectivity index (χ1n) is 11.3. The van der Waals surface area contributed by atoms with Crippen LogP contribution in [0.2, 0.25) is 5.02 Å². The molecule has 2 aromatic heterocycles. The molecule has 8 heteroatoms. The van der Waals surface area contributed by atoms with E-state index in [1.807, 2.05) is 61.5 Å². The fourth-order valence-corrected chi connectivity index (χ4v) is 4.54. The number of para-hydroxylation sites is 1. The summed E-state index contributed by atoms with van der Waals surface area (Å²) < 4.78 is 1.66. The maximum absolute atomic E-state index is 13.7. The number of hydrogen-bond donors (Lipinski definition) is 2. The molecule has 2 heterocycles. The van der Waals surface area contributed by atoms with Crippen LogP contribution in [0.25, 0.3) is 27.6 Å². The molecule has 5 aromatic rings. The average Bonchev–Trinajstić information content (AvgIpc) is 2.89. The summed E-state index contributed by atoms with van der Waals surface area (Å²) in [7, 11) is 0. The van der Waals surface area contributed by atoms with Gasteiger partial charge in [0, 0.05) is 28.7 Å². The average molecular weight is 496 g/mol. The molecule has 1 atom stereocenters. The van der Waals surface area contributed by atoms with Gasteiger partial charge in [-0.15, -0.1) is 0 Å². The molecular formula is C28H22ClN5O2. The van der Waals surface area contributed by atoms with E-state index >= 15 is 0 Å². The number of anilines is 2. The zero-order valence-corrected chi connectivity index (χ0v) is 20.1. The van der Waals surface area contributed by atoms with Gasteiger partial charge in [-0.1, -0.05) is 60.1 Å². The van der Waals surface area contributed by atoms with E-state index < -0.39 is 0 Å². The number of hydrogen-bond acceptors (Lipinski definition) is 6. The van der Waals surface area contributed by atoms with Crippen molar-refractivity contribution >= 4 is 40.4 Å². The number of nitrogens with zero attached hydrogens (tertiary/aromatic N) is 3. The number of aromatic nitrogens is 3. The van der Waals surface area contributed by atoms with Crippen molar-refractivity contribution in [3.05, 3.63) is 112 Å². The Balaban J connectivity index is 1.67. The molecule has 0 saturated heterocycles. The van der Waals surface area contributed by atoms with Gasteiger partial charge in [-0.3, -0.25) is 14.2 Å². The highest BCUT2D eigenvalue weighted by atomic mass is 35.5. The van der Waals surface area contributed by atoms with Gasteiger partial charge in [0.2, 0.25) is 5.95 Å². The van der Waals surface area contributed by atoms with Crippen LogP contribution in [0, 0.1) is 0 Å². The molecule has 0 spiro atoms. The Bertz CT molecular complexity index is 1650. The highest BCUT2D eigenvalue weighted by Crippen LogP contribution is 2.31. The Morgan fingerprint density at radius 3 is 2.58 bits per heavy atom. The van der Waals surface area contributed by atoms with Crippen LogP contribution in [-0.4, -0.2) is 20.8 Å². The fourth-order valence-electron chi connectivity index (χ4n) is 4.28. The molecule has 0 fully saturated rings. The minimum atomic E-state index is -0.372. The fraction of sp³-hybridized carbons (Fsp3) is 0.0714. The van der Waals surface area contributed by atoms with Crippen LogP contribution in [0.3, 0.4) is 0 Å². The van der Waals surface area contributed by atoms with E-state index in [-0.39, 0.29) is 17.5 Å². The van der Waals surface area contributed by atoms with Gasteiger partial charge in [0.15, 0.2) is 0 Å². The number of carbonyl (C=O) groups is 1. The van der Waals surface area contributed by atoms with E-state index in [0.29, 0.717) is 38.7 Å². The van der Waals surface area contributed by atoms with E-state index in [2.05, 4.69) is 15.3 Å². The Hall–Kier alpha value is -4.49. The third kappa shape index (κ3) is 4.32. The summed E-state index contributed by atoms with van der Waals surface area (Å²) in [5.41, 5.74) is 9.12. The topological polar surface area (TPSA) is 103 Å². The zero-order valence-electron chi connectivity index (χ0n) is 19.4. The van der Waals surface area contributed by atoms with Crippen molar-refractivity contribution < 1.29 is 4.79 Å². The molecular weight excluding hydrogens is 474 g/mol. The molecule has 0 bridgehead atoms. The second kappa shape index (κ2) is 9.64. The van der Waals surface area contributed by atoms with Crippen molar-refractivity contribution in [2.24, 2.45) is 0 Å². The minimum Gasteiger partial charge on any atom is -0.368 e. The van der Waals surface area contributed by atoms with Gasteiger partial charge in [-0.05, 0) is 48.2 Å². The quantitative estimate of drug-likeness (QED) is 0.294. The van der Waals surface area contributed by atoms with Crippen molar-refractivity contribution in [2.45, 2.75) is 13.0 Å². The van der Waals surface area contributed by atoms with Gasteiger partial charge in [-0.2, -0.15) is 4.98 Å². The molecule has 3 N–H and O–H groups in total. The normalized spacial score (nSPS) is 11.8. The third-order valence-corrected chi connectivity index (χ3v) is 6.29. The first kappa shape index (κ1) is 23.3. The van der Waals surface area contributed by atoms with Gasteiger partial charge in [0.1, 0.15) is 12.1 Å². The number of pyridine rings is 1. The summed E-state index contributed by atoms with van der Waals surface area (Å²) in [5, 5.41) is 5.00. The summed E-state index contributed by atoms with van der Waals surface area (Å²) in [6.07, 6.45) is 2.40.